The van der Waals surface area contributed by atoms with Gasteiger partial charge in [0.05, 0.1) is 7.11 Å². The van der Waals surface area contributed by atoms with Gasteiger partial charge in [0.1, 0.15) is 5.75 Å². The van der Waals surface area contributed by atoms with Gasteiger partial charge < -0.3 is 10.5 Å². The van der Waals surface area contributed by atoms with Crippen molar-refractivity contribution in [3.63, 3.8) is 0 Å². The molecule has 20 heavy (non-hydrogen) atoms. The van der Waals surface area contributed by atoms with Crippen molar-refractivity contribution in [1.29, 1.82) is 0 Å². The molecule has 2 N–H and O–H groups in total. The number of nitrogens with zero attached hydrogens (tertiary/aromatic N) is 1. The molecule has 1 heterocycles. The monoisotopic (exact) mass is 276 g/mol. The lowest BCUT2D eigenvalue weighted by atomic mass is 9.90. The number of piperidine rings is 1. The Morgan fingerprint density at radius 2 is 2.05 bits per heavy atom. The molecule has 1 aromatic rings. The second kappa shape index (κ2) is 7.09. The van der Waals surface area contributed by atoms with Gasteiger partial charge in [0.15, 0.2) is 0 Å². The molecule has 1 aliphatic heterocycles. The quantitative estimate of drug-likeness (QED) is 0.897. The van der Waals surface area contributed by atoms with E-state index in [4.69, 9.17) is 10.5 Å². The summed E-state index contributed by atoms with van der Waals surface area (Å²) in [6.45, 7) is 6.73. The smallest absolute Gasteiger partial charge is 0.118 e. The molecular formula is C17H28N2O. The van der Waals surface area contributed by atoms with E-state index in [0.29, 0.717) is 18.0 Å². The van der Waals surface area contributed by atoms with Crippen LogP contribution < -0.4 is 10.5 Å². The van der Waals surface area contributed by atoms with Crippen molar-refractivity contribution >= 4 is 0 Å². The Balaban J connectivity index is 2.10. The van der Waals surface area contributed by atoms with Crippen LogP contribution in [0.25, 0.3) is 0 Å². The predicted molar refractivity (Wildman–Crippen MR) is 84.0 cm³/mol. The van der Waals surface area contributed by atoms with Crippen molar-refractivity contribution < 1.29 is 4.74 Å². The lowest BCUT2D eigenvalue weighted by molar-refractivity contribution is 0.110. The Morgan fingerprint density at radius 1 is 1.35 bits per heavy atom. The van der Waals surface area contributed by atoms with Crippen molar-refractivity contribution in [1.82, 2.24) is 4.90 Å². The second-order valence-corrected chi connectivity index (χ2v) is 5.95. The van der Waals surface area contributed by atoms with Crippen LogP contribution in [0.4, 0.5) is 0 Å². The van der Waals surface area contributed by atoms with Gasteiger partial charge >= 0.3 is 0 Å². The molecule has 0 spiro atoms. The highest BCUT2D eigenvalue weighted by Crippen LogP contribution is 2.30. The largest absolute Gasteiger partial charge is 0.497 e. The third kappa shape index (κ3) is 3.53. The first-order valence-electron chi connectivity index (χ1n) is 7.79. The molecule has 1 saturated heterocycles. The van der Waals surface area contributed by atoms with Gasteiger partial charge in [-0.1, -0.05) is 19.1 Å². The number of benzene rings is 1. The molecule has 0 bridgehead atoms. The van der Waals surface area contributed by atoms with Crippen LogP contribution in [-0.2, 0) is 0 Å². The van der Waals surface area contributed by atoms with Crippen LogP contribution in [0.3, 0.4) is 0 Å². The minimum absolute atomic E-state index is 0.297. The third-order valence-corrected chi connectivity index (χ3v) is 4.56. The zero-order chi connectivity index (χ0) is 14.5. The van der Waals surface area contributed by atoms with E-state index >= 15 is 0 Å². The fourth-order valence-corrected chi connectivity index (χ4v) is 3.28. The minimum atomic E-state index is 0.297. The summed E-state index contributed by atoms with van der Waals surface area (Å²) in [7, 11) is 1.71. The predicted octanol–water partition coefficient (Wildman–Crippen LogP) is 3.21. The van der Waals surface area contributed by atoms with E-state index in [1.54, 1.807) is 7.11 Å². The summed E-state index contributed by atoms with van der Waals surface area (Å²) in [6, 6.07) is 9.31. The van der Waals surface area contributed by atoms with Crippen molar-refractivity contribution in [3.8, 4) is 5.75 Å². The molecule has 112 valence electrons. The van der Waals surface area contributed by atoms with Crippen LogP contribution in [0.2, 0.25) is 0 Å². The fourth-order valence-electron chi connectivity index (χ4n) is 3.28. The number of hydrogen-bond acceptors (Lipinski definition) is 3. The van der Waals surface area contributed by atoms with Crippen molar-refractivity contribution in [2.45, 2.75) is 45.2 Å². The molecule has 1 aromatic carbocycles. The van der Waals surface area contributed by atoms with Crippen LogP contribution >= 0.6 is 0 Å². The zero-order valence-electron chi connectivity index (χ0n) is 13.0. The molecule has 2 rings (SSSR count). The Kier molecular flexibility index (Phi) is 5.44. The number of rotatable bonds is 5. The Hall–Kier alpha value is -1.06. The topological polar surface area (TPSA) is 38.5 Å². The second-order valence-electron chi connectivity index (χ2n) is 5.95. The van der Waals surface area contributed by atoms with Gasteiger partial charge in [-0.25, -0.2) is 0 Å². The maximum atomic E-state index is 6.10. The number of ether oxygens (including phenoxy) is 1. The van der Waals surface area contributed by atoms with Crippen LogP contribution in [0.15, 0.2) is 24.3 Å². The minimum Gasteiger partial charge on any atom is -0.497 e. The van der Waals surface area contributed by atoms with E-state index in [9.17, 15) is 0 Å². The van der Waals surface area contributed by atoms with Gasteiger partial charge in [-0.2, -0.15) is 0 Å². The van der Waals surface area contributed by atoms with E-state index in [0.717, 1.165) is 18.7 Å². The Bertz CT molecular complexity index is 402. The van der Waals surface area contributed by atoms with Gasteiger partial charge in [-0.05, 0) is 56.3 Å². The highest BCUT2D eigenvalue weighted by atomic mass is 16.5. The van der Waals surface area contributed by atoms with E-state index in [-0.39, 0.29) is 0 Å². The van der Waals surface area contributed by atoms with Crippen molar-refractivity contribution in [2.24, 2.45) is 11.7 Å². The molecule has 0 aromatic heterocycles. The maximum absolute atomic E-state index is 6.10. The number of methoxy groups -OCH3 is 1. The molecule has 3 unspecified atom stereocenters. The number of likely N-dealkylation sites (tertiary alicyclic amines) is 1. The highest BCUT2D eigenvalue weighted by molar-refractivity contribution is 5.29. The SMILES string of the molecule is CCC(c1ccc(OC)cc1)N1CCCC(C(C)N)C1. The molecule has 0 aliphatic carbocycles. The van der Waals surface area contributed by atoms with E-state index in [1.165, 1.54) is 24.9 Å². The number of hydrogen-bond donors (Lipinski definition) is 1. The Morgan fingerprint density at radius 3 is 2.60 bits per heavy atom. The fraction of sp³-hybridized carbons (Fsp3) is 0.647. The molecule has 1 fully saturated rings. The molecule has 0 radical (unpaired) electrons. The van der Waals surface area contributed by atoms with E-state index < -0.39 is 0 Å². The van der Waals surface area contributed by atoms with Crippen LogP contribution in [0, 0.1) is 5.92 Å². The van der Waals surface area contributed by atoms with Crippen LogP contribution in [-0.4, -0.2) is 31.1 Å². The van der Waals surface area contributed by atoms with Crippen LogP contribution in [0.1, 0.15) is 44.7 Å². The average molecular weight is 276 g/mol. The summed E-state index contributed by atoms with van der Waals surface area (Å²) in [4.78, 5) is 2.61. The summed E-state index contributed by atoms with van der Waals surface area (Å²) >= 11 is 0. The lowest BCUT2D eigenvalue weighted by Gasteiger charge is -2.39. The van der Waals surface area contributed by atoms with Gasteiger partial charge in [0, 0.05) is 18.6 Å². The Labute approximate surface area is 123 Å². The summed E-state index contributed by atoms with van der Waals surface area (Å²) in [5.74, 6) is 1.56. The zero-order valence-corrected chi connectivity index (χ0v) is 13.0. The summed E-state index contributed by atoms with van der Waals surface area (Å²) < 4.78 is 5.25. The summed E-state index contributed by atoms with van der Waals surface area (Å²) in [5.41, 5.74) is 7.49. The average Bonchev–Trinajstić information content (AvgIpc) is 2.49. The number of nitrogens with two attached hydrogens (primary N) is 1. The van der Waals surface area contributed by atoms with Crippen molar-refractivity contribution in [2.75, 3.05) is 20.2 Å². The molecule has 1 aliphatic rings. The highest BCUT2D eigenvalue weighted by Gasteiger charge is 2.27. The normalized spacial score (nSPS) is 23.3. The first kappa shape index (κ1) is 15.3. The molecule has 0 saturated carbocycles. The van der Waals surface area contributed by atoms with Gasteiger partial charge in [-0.15, -0.1) is 0 Å². The first-order chi connectivity index (χ1) is 9.65. The summed E-state index contributed by atoms with van der Waals surface area (Å²) in [5, 5.41) is 0. The third-order valence-electron chi connectivity index (χ3n) is 4.56. The maximum Gasteiger partial charge on any atom is 0.118 e. The first-order valence-corrected chi connectivity index (χ1v) is 7.79. The van der Waals surface area contributed by atoms with Gasteiger partial charge in [-0.3, -0.25) is 4.90 Å². The summed E-state index contributed by atoms with van der Waals surface area (Å²) in [6.07, 6.45) is 3.67. The van der Waals surface area contributed by atoms with E-state index in [2.05, 4.69) is 43.0 Å². The van der Waals surface area contributed by atoms with Gasteiger partial charge in [0.25, 0.3) is 0 Å². The molecule has 3 nitrogen and oxygen atoms in total. The molecule has 3 heteroatoms. The van der Waals surface area contributed by atoms with E-state index in [1.807, 2.05) is 0 Å². The van der Waals surface area contributed by atoms with Crippen LogP contribution in [0.5, 0.6) is 5.75 Å². The lowest BCUT2D eigenvalue weighted by Crippen LogP contribution is -2.43. The molecular weight excluding hydrogens is 248 g/mol. The van der Waals surface area contributed by atoms with Crippen molar-refractivity contribution in [3.05, 3.63) is 29.8 Å². The molecule has 3 atom stereocenters. The molecule has 0 amide bonds. The standard InChI is InChI=1S/C17H28N2O/c1-4-17(14-7-9-16(20-3)10-8-14)19-11-5-6-15(12-19)13(2)18/h7-10,13,15,17H,4-6,11-12,18H2,1-3H3. The van der Waals surface area contributed by atoms with Gasteiger partial charge in [0.2, 0.25) is 0 Å².